The van der Waals surface area contributed by atoms with Crippen LogP contribution in [0.15, 0.2) is 6.07 Å². The molecule has 3 rings (SSSR count). The Hall–Kier alpha value is -1.24. The third kappa shape index (κ3) is 2.07. The molecule has 6 heteroatoms. The molecular weight excluding hydrogens is 248 g/mol. The maximum absolute atomic E-state index is 5.56. The molecule has 3 N–H and O–H groups in total. The first-order valence-corrected chi connectivity index (χ1v) is 6.92. The molecule has 1 aliphatic heterocycles. The van der Waals surface area contributed by atoms with Gasteiger partial charge >= 0.3 is 0 Å². The first kappa shape index (κ1) is 11.8. The van der Waals surface area contributed by atoms with Gasteiger partial charge in [-0.15, -0.1) is 11.3 Å². The zero-order valence-corrected chi connectivity index (χ0v) is 11.1. The monoisotopic (exact) mass is 264 g/mol. The molecule has 0 amide bonds. The van der Waals surface area contributed by atoms with Crippen LogP contribution in [0.3, 0.4) is 0 Å². The molecule has 0 atom stereocenters. The number of ether oxygens (including phenoxy) is 1. The second kappa shape index (κ2) is 4.79. The van der Waals surface area contributed by atoms with Crippen molar-refractivity contribution in [3.8, 4) is 0 Å². The molecule has 0 radical (unpaired) electrons. The van der Waals surface area contributed by atoms with Gasteiger partial charge in [0.2, 0.25) is 0 Å². The van der Waals surface area contributed by atoms with E-state index >= 15 is 0 Å². The van der Waals surface area contributed by atoms with E-state index in [4.69, 9.17) is 10.6 Å². The Morgan fingerprint density at radius 1 is 1.39 bits per heavy atom. The number of nitrogens with one attached hydrogen (secondary N) is 1. The van der Waals surface area contributed by atoms with Gasteiger partial charge in [0.15, 0.2) is 5.82 Å². The van der Waals surface area contributed by atoms with Crippen LogP contribution in [0.1, 0.15) is 29.5 Å². The molecule has 0 aliphatic carbocycles. The van der Waals surface area contributed by atoms with Gasteiger partial charge in [-0.3, -0.25) is 0 Å². The number of hydrogen-bond acceptors (Lipinski definition) is 6. The standard InChI is InChI=1S/C12H16N4OS/c1-7-6-9-11(16-13)14-10(15-12(9)18-7)8-2-4-17-5-3-8/h6,8H,2-5,13H2,1H3,(H,14,15,16). The third-order valence-corrected chi connectivity index (χ3v) is 4.20. The van der Waals surface area contributed by atoms with E-state index in [-0.39, 0.29) is 0 Å². The number of nitrogens with zero attached hydrogens (tertiary/aromatic N) is 2. The zero-order valence-electron chi connectivity index (χ0n) is 10.3. The molecule has 3 heterocycles. The van der Waals surface area contributed by atoms with E-state index in [1.165, 1.54) is 4.88 Å². The maximum atomic E-state index is 5.56. The fraction of sp³-hybridized carbons (Fsp3) is 0.500. The minimum Gasteiger partial charge on any atom is -0.381 e. The van der Waals surface area contributed by atoms with Crippen molar-refractivity contribution < 1.29 is 4.74 Å². The summed E-state index contributed by atoms with van der Waals surface area (Å²) in [6.07, 6.45) is 1.97. The van der Waals surface area contributed by atoms with E-state index in [9.17, 15) is 0 Å². The highest BCUT2D eigenvalue weighted by molar-refractivity contribution is 7.18. The van der Waals surface area contributed by atoms with Gasteiger partial charge in [0, 0.05) is 24.0 Å². The molecule has 2 aromatic heterocycles. The number of aryl methyl sites for hydroxylation is 1. The van der Waals surface area contributed by atoms with Gasteiger partial charge < -0.3 is 10.2 Å². The molecule has 0 saturated carbocycles. The lowest BCUT2D eigenvalue weighted by atomic mass is 9.99. The summed E-state index contributed by atoms with van der Waals surface area (Å²) in [5.74, 6) is 7.57. The average molecular weight is 264 g/mol. The predicted octanol–water partition coefficient (Wildman–Crippen LogP) is 2.18. The number of anilines is 1. The van der Waals surface area contributed by atoms with Crippen LogP contribution in [0, 0.1) is 6.92 Å². The lowest BCUT2D eigenvalue weighted by Crippen LogP contribution is -2.18. The van der Waals surface area contributed by atoms with Crippen molar-refractivity contribution in [3.05, 3.63) is 16.8 Å². The second-order valence-corrected chi connectivity index (χ2v) is 5.77. The summed E-state index contributed by atoms with van der Waals surface area (Å²) in [5.41, 5.74) is 2.69. The van der Waals surface area contributed by atoms with Gasteiger partial charge in [-0.2, -0.15) is 0 Å². The SMILES string of the molecule is Cc1cc2c(NN)nc(C3CCOCC3)nc2s1. The molecule has 0 spiro atoms. The smallest absolute Gasteiger partial charge is 0.152 e. The number of nitrogen functional groups attached to an aromatic ring is 1. The lowest BCUT2D eigenvalue weighted by molar-refractivity contribution is 0.0837. The van der Waals surface area contributed by atoms with Gasteiger partial charge in [0.25, 0.3) is 0 Å². The molecule has 0 bridgehead atoms. The molecule has 18 heavy (non-hydrogen) atoms. The largest absolute Gasteiger partial charge is 0.381 e. The molecular formula is C12H16N4OS. The Morgan fingerprint density at radius 3 is 2.89 bits per heavy atom. The number of nitrogens with two attached hydrogens (primary N) is 1. The summed E-state index contributed by atoms with van der Waals surface area (Å²) in [4.78, 5) is 11.5. The summed E-state index contributed by atoms with van der Waals surface area (Å²) >= 11 is 1.68. The molecule has 96 valence electrons. The van der Waals surface area contributed by atoms with Crippen LogP contribution in [0.2, 0.25) is 0 Å². The van der Waals surface area contributed by atoms with E-state index in [0.717, 1.165) is 47.9 Å². The van der Waals surface area contributed by atoms with Gasteiger partial charge in [0.1, 0.15) is 10.7 Å². The normalized spacial score (nSPS) is 17.2. The quantitative estimate of drug-likeness (QED) is 0.642. The van der Waals surface area contributed by atoms with E-state index in [1.54, 1.807) is 11.3 Å². The van der Waals surface area contributed by atoms with Crippen molar-refractivity contribution in [2.24, 2.45) is 5.84 Å². The Kier molecular flexibility index (Phi) is 3.15. The molecule has 1 aliphatic rings. The van der Waals surface area contributed by atoms with Gasteiger partial charge in [-0.05, 0) is 25.8 Å². The average Bonchev–Trinajstić information content (AvgIpc) is 2.78. The number of rotatable bonds is 2. The molecule has 0 unspecified atom stereocenters. The highest BCUT2D eigenvalue weighted by Gasteiger charge is 2.20. The maximum Gasteiger partial charge on any atom is 0.152 e. The van der Waals surface area contributed by atoms with Crippen molar-refractivity contribution >= 4 is 27.4 Å². The van der Waals surface area contributed by atoms with Crippen LogP contribution in [0.4, 0.5) is 5.82 Å². The zero-order chi connectivity index (χ0) is 12.5. The summed E-state index contributed by atoms with van der Waals surface area (Å²) in [6.45, 7) is 3.66. The summed E-state index contributed by atoms with van der Waals surface area (Å²) in [6, 6.07) is 2.07. The first-order valence-electron chi connectivity index (χ1n) is 6.10. The Bertz CT molecular complexity index is 562. The molecule has 2 aromatic rings. The van der Waals surface area contributed by atoms with Crippen LogP contribution in [0.25, 0.3) is 10.2 Å². The Morgan fingerprint density at radius 2 is 2.17 bits per heavy atom. The Balaban J connectivity index is 2.06. The highest BCUT2D eigenvalue weighted by Crippen LogP contribution is 2.32. The summed E-state index contributed by atoms with van der Waals surface area (Å²) < 4.78 is 5.38. The van der Waals surface area contributed by atoms with Crippen molar-refractivity contribution in [2.45, 2.75) is 25.7 Å². The number of hydrazine groups is 1. The van der Waals surface area contributed by atoms with E-state index in [1.807, 2.05) is 0 Å². The first-order chi connectivity index (χ1) is 8.78. The number of fused-ring (bicyclic) bond motifs is 1. The predicted molar refractivity (Wildman–Crippen MR) is 72.8 cm³/mol. The summed E-state index contributed by atoms with van der Waals surface area (Å²) in [5, 5.41) is 1.01. The van der Waals surface area contributed by atoms with E-state index < -0.39 is 0 Å². The fourth-order valence-electron chi connectivity index (χ4n) is 2.31. The van der Waals surface area contributed by atoms with Crippen LogP contribution >= 0.6 is 11.3 Å². The molecule has 0 aromatic carbocycles. The van der Waals surface area contributed by atoms with Gasteiger partial charge in [0.05, 0.1) is 5.39 Å². The van der Waals surface area contributed by atoms with Crippen molar-refractivity contribution in [2.75, 3.05) is 18.6 Å². The highest BCUT2D eigenvalue weighted by atomic mass is 32.1. The number of thiophene rings is 1. The van der Waals surface area contributed by atoms with Crippen molar-refractivity contribution in [3.63, 3.8) is 0 Å². The van der Waals surface area contributed by atoms with Crippen LogP contribution < -0.4 is 11.3 Å². The van der Waals surface area contributed by atoms with E-state index in [0.29, 0.717) is 5.92 Å². The number of hydrogen-bond donors (Lipinski definition) is 2. The topological polar surface area (TPSA) is 73.1 Å². The molecule has 1 fully saturated rings. The Labute approximate surface area is 109 Å². The molecule has 1 saturated heterocycles. The van der Waals surface area contributed by atoms with E-state index in [2.05, 4.69) is 28.4 Å². The molecule has 5 nitrogen and oxygen atoms in total. The van der Waals surface area contributed by atoms with Crippen LogP contribution in [0.5, 0.6) is 0 Å². The van der Waals surface area contributed by atoms with Gasteiger partial charge in [-0.25, -0.2) is 15.8 Å². The van der Waals surface area contributed by atoms with Gasteiger partial charge in [-0.1, -0.05) is 0 Å². The minimum absolute atomic E-state index is 0.387. The third-order valence-electron chi connectivity index (χ3n) is 3.26. The second-order valence-electron chi connectivity index (χ2n) is 4.54. The van der Waals surface area contributed by atoms with Crippen molar-refractivity contribution in [1.82, 2.24) is 9.97 Å². The van der Waals surface area contributed by atoms with Crippen LogP contribution in [-0.4, -0.2) is 23.2 Å². The number of aromatic nitrogens is 2. The summed E-state index contributed by atoms with van der Waals surface area (Å²) in [7, 11) is 0. The fourth-order valence-corrected chi connectivity index (χ4v) is 3.19. The van der Waals surface area contributed by atoms with Crippen LogP contribution in [-0.2, 0) is 4.74 Å². The van der Waals surface area contributed by atoms with Crippen molar-refractivity contribution in [1.29, 1.82) is 0 Å². The lowest BCUT2D eigenvalue weighted by Gasteiger charge is -2.21. The minimum atomic E-state index is 0.387.